The van der Waals surface area contributed by atoms with E-state index in [0.717, 1.165) is 13.0 Å². The third-order valence-corrected chi connectivity index (χ3v) is 2.52. The predicted octanol–water partition coefficient (Wildman–Crippen LogP) is 0.0001000. The molecule has 0 aliphatic rings. The lowest BCUT2D eigenvalue weighted by Crippen LogP contribution is -2.21. The van der Waals surface area contributed by atoms with Crippen LogP contribution in [0.4, 0.5) is 0 Å². The van der Waals surface area contributed by atoms with Gasteiger partial charge >= 0.3 is 5.69 Å². The molecule has 0 saturated heterocycles. The first-order chi connectivity index (χ1) is 8.11. The van der Waals surface area contributed by atoms with Crippen molar-refractivity contribution in [1.82, 2.24) is 25.3 Å². The zero-order valence-electron chi connectivity index (χ0n) is 9.76. The molecule has 0 aliphatic carbocycles. The lowest BCUT2D eigenvalue weighted by Gasteiger charge is -2.09. The van der Waals surface area contributed by atoms with Crippen LogP contribution in [0.25, 0.3) is 11.2 Å². The highest BCUT2D eigenvalue weighted by atomic mass is 16.2. The second kappa shape index (κ2) is 4.54. The number of fused-ring (bicyclic) bond motifs is 1. The van der Waals surface area contributed by atoms with Crippen molar-refractivity contribution in [2.75, 3.05) is 6.54 Å². The van der Waals surface area contributed by atoms with Gasteiger partial charge in [-0.3, -0.25) is 14.8 Å². The zero-order valence-corrected chi connectivity index (χ0v) is 9.76. The van der Waals surface area contributed by atoms with Crippen molar-refractivity contribution in [2.24, 2.45) is 0 Å². The zero-order chi connectivity index (χ0) is 12.4. The molecule has 0 amide bonds. The van der Waals surface area contributed by atoms with Crippen molar-refractivity contribution < 1.29 is 0 Å². The van der Waals surface area contributed by atoms with Crippen LogP contribution < -0.4 is 16.6 Å². The summed E-state index contributed by atoms with van der Waals surface area (Å²) in [6.45, 7) is 4.88. The van der Waals surface area contributed by atoms with E-state index in [2.05, 4.69) is 32.2 Å². The number of rotatable bonds is 4. The highest BCUT2D eigenvalue weighted by Crippen LogP contribution is 2.10. The Labute approximate surface area is 96.7 Å². The Morgan fingerprint density at radius 1 is 1.29 bits per heavy atom. The molecule has 17 heavy (non-hydrogen) atoms. The van der Waals surface area contributed by atoms with Gasteiger partial charge in [-0.1, -0.05) is 6.92 Å². The Kier molecular flexibility index (Phi) is 3.10. The van der Waals surface area contributed by atoms with Gasteiger partial charge in [0.25, 0.3) is 5.56 Å². The fourth-order valence-electron chi connectivity index (χ4n) is 1.61. The summed E-state index contributed by atoms with van der Waals surface area (Å²) >= 11 is 0. The Morgan fingerprint density at radius 3 is 2.76 bits per heavy atom. The molecule has 0 radical (unpaired) electrons. The van der Waals surface area contributed by atoms with E-state index in [1.807, 2.05) is 6.92 Å². The van der Waals surface area contributed by atoms with E-state index in [1.54, 1.807) is 0 Å². The summed E-state index contributed by atoms with van der Waals surface area (Å²) in [6.07, 6.45) is 1.02. The molecule has 2 aromatic rings. The fourth-order valence-corrected chi connectivity index (χ4v) is 1.61. The summed E-state index contributed by atoms with van der Waals surface area (Å²) in [5.74, 6) is 0.640. The van der Waals surface area contributed by atoms with Crippen LogP contribution in [0.2, 0.25) is 0 Å². The summed E-state index contributed by atoms with van der Waals surface area (Å²) in [5, 5.41) is 3.25. The molecule has 0 aromatic carbocycles. The van der Waals surface area contributed by atoms with Crippen molar-refractivity contribution >= 4 is 11.2 Å². The minimum atomic E-state index is -0.547. The topological polar surface area (TPSA) is 106 Å². The fraction of sp³-hybridized carbons (Fsp3) is 0.500. The van der Waals surface area contributed by atoms with Gasteiger partial charge in [-0.25, -0.2) is 9.78 Å². The van der Waals surface area contributed by atoms with E-state index >= 15 is 0 Å². The van der Waals surface area contributed by atoms with Gasteiger partial charge in [0.15, 0.2) is 5.65 Å². The van der Waals surface area contributed by atoms with Gasteiger partial charge < -0.3 is 10.3 Å². The van der Waals surface area contributed by atoms with Gasteiger partial charge in [0.05, 0.1) is 6.04 Å². The van der Waals surface area contributed by atoms with E-state index in [0.29, 0.717) is 17.0 Å². The molecule has 0 spiro atoms. The largest absolute Gasteiger partial charge is 0.335 e. The molecule has 2 rings (SSSR count). The number of imidazole rings is 1. The molecule has 0 aliphatic heterocycles. The van der Waals surface area contributed by atoms with E-state index in [4.69, 9.17) is 0 Å². The SMILES string of the molecule is CCCNC(C)c1nc2[nH]c(=O)[nH]c(=O)c2[nH]1. The standard InChI is InChI=1S/C10H15N5O2/c1-3-4-11-5(2)7-12-6-8(13-7)14-10(17)15-9(6)16/h5,11H,3-4H2,1-2H3,(H3,12,13,14,15,16,17). The first-order valence-electron chi connectivity index (χ1n) is 5.57. The van der Waals surface area contributed by atoms with Gasteiger partial charge in [0.2, 0.25) is 0 Å². The number of nitrogens with one attached hydrogen (secondary N) is 4. The second-order valence-corrected chi connectivity index (χ2v) is 3.93. The quantitative estimate of drug-likeness (QED) is 0.600. The predicted molar refractivity (Wildman–Crippen MR) is 64.0 cm³/mol. The Bertz CT molecular complexity index is 623. The third kappa shape index (κ3) is 2.28. The Hall–Kier alpha value is -1.89. The van der Waals surface area contributed by atoms with Crippen LogP contribution in [0.15, 0.2) is 9.59 Å². The molecule has 0 bridgehead atoms. The average molecular weight is 237 g/mol. The summed E-state index contributed by atoms with van der Waals surface area (Å²) in [6, 6.07) is 0.00486. The first kappa shape index (κ1) is 11.6. The monoisotopic (exact) mass is 237 g/mol. The number of hydrogen-bond acceptors (Lipinski definition) is 4. The first-order valence-corrected chi connectivity index (χ1v) is 5.57. The number of H-pyrrole nitrogens is 3. The highest BCUT2D eigenvalue weighted by Gasteiger charge is 2.12. The smallest absolute Gasteiger partial charge is 0.327 e. The number of aromatic amines is 3. The molecular weight excluding hydrogens is 222 g/mol. The molecule has 7 nitrogen and oxygen atoms in total. The van der Waals surface area contributed by atoms with Crippen LogP contribution in [-0.4, -0.2) is 26.5 Å². The van der Waals surface area contributed by atoms with Gasteiger partial charge in [-0.2, -0.15) is 0 Å². The van der Waals surface area contributed by atoms with Gasteiger partial charge in [-0.15, -0.1) is 0 Å². The maximum Gasteiger partial charge on any atom is 0.327 e. The molecule has 1 unspecified atom stereocenters. The number of hydrogen-bond donors (Lipinski definition) is 4. The molecule has 4 N–H and O–H groups in total. The summed E-state index contributed by atoms with van der Waals surface area (Å²) in [7, 11) is 0. The van der Waals surface area contributed by atoms with Crippen LogP contribution in [0.3, 0.4) is 0 Å². The minimum absolute atomic E-state index is 0.00486. The lowest BCUT2D eigenvalue weighted by molar-refractivity contribution is 0.549. The van der Waals surface area contributed by atoms with Gasteiger partial charge in [-0.05, 0) is 19.9 Å². The minimum Gasteiger partial charge on any atom is -0.335 e. The average Bonchev–Trinajstić information content (AvgIpc) is 2.69. The van der Waals surface area contributed by atoms with E-state index in [9.17, 15) is 9.59 Å². The van der Waals surface area contributed by atoms with Crippen molar-refractivity contribution in [2.45, 2.75) is 26.3 Å². The molecule has 2 aromatic heterocycles. The highest BCUT2D eigenvalue weighted by molar-refractivity contribution is 5.68. The lowest BCUT2D eigenvalue weighted by atomic mass is 10.3. The molecular formula is C10H15N5O2. The van der Waals surface area contributed by atoms with E-state index in [-0.39, 0.29) is 6.04 Å². The van der Waals surface area contributed by atoms with Crippen molar-refractivity contribution in [3.8, 4) is 0 Å². The van der Waals surface area contributed by atoms with Crippen LogP contribution in [0.5, 0.6) is 0 Å². The second-order valence-electron chi connectivity index (χ2n) is 3.93. The summed E-state index contributed by atoms with van der Waals surface area (Å²) in [4.78, 5) is 34.3. The maximum absolute atomic E-state index is 11.5. The Balaban J connectivity index is 2.41. The normalized spacial score (nSPS) is 13.1. The van der Waals surface area contributed by atoms with Crippen molar-refractivity contribution in [3.63, 3.8) is 0 Å². The van der Waals surface area contributed by atoms with Crippen LogP contribution in [-0.2, 0) is 0 Å². The van der Waals surface area contributed by atoms with Crippen LogP contribution in [0, 0.1) is 0 Å². The van der Waals surface area contributed by atoms with Gasteiger partial charge in [0, 0.05) is 0 Å². The van der Waals surface area contributed by atoms with Crippen molar-refractivity contribution in [3.05, 3.63) is 26.7 Å². The van der Waals surface area contributed by atoms with Gasteiger partial charge in [0.1, 0.15) is 11.3 Å². The molecule has 7 heteroatoms. The van der Waals surface area contributed by atoms with E-state index in [1.165, 1.54) is 0 Å². The molecule has 92 valence electrons. The molecule has 0 fully saturated rings. The molecule has 0 saturated carbocycles. The van der Waals surface area contributed by atoms with Crippen LogP contribution in [0.1, 0.15) is 32.1 Å². The Morgan fingerprint density at radius 2 is 2.06 bits per heavy atom. The summed E-state index contributed by atoms with van der Waals surface area (Å²) in [5.41, 5.74) is -0.413. The van der Waals surface area contributed by atoms with Crippen molar-refractivity contribution in [1.29, 1.82) is 0 Å². The summed E-state index contributed by atoms with van der Waals surface area (Å²) < 4.78 is 0. The number of aromatic nitrogens is 4. The van der Waals surface area contributed by atoms with Crippen LogP contribution >= 0.6 is 0 Å². The maximum atomic E-state index is 11.5. The molecule has 1 atom stereocenters. The number of nitrogens with zero attached hydrogens (tertiary/aromatic N) is 1. The van der Waals surface area contributed by atoms with E-state index < -0.39 is 11.2 Å². The molecule has 2 heterocycles. The third-order valence-electron chi connectivity index (χ3n) is 2.52.